The van der Waals surface area contributed by atoms with E-state index >= 15 is 4.57 Å². The Morgan fingerprint density at radius 1 is 0.556 bits per heavy atom. The first-order chi connectivity index (χ1) is 17.6. The van der Waals surface area contributed by atoms with Gasteiger partial charge in [-0.1, -0.05) is 115 Å². The van der Waals surface area contributed by atoms with Gasteiger partial charge in [-0.3, -0.25) is 5.09 Å². The average Bonchev–Trinajstić information content (AvgIpc) is 2.96. The lowest BCUT2D eigenvalue weighted by molar-refractivity contribution is 0.589. The first kappa shape index (κ1) is 24.3. The van der Waals surface area contributed by atoms with E-state index in [1.54, 1.807) is 0 Å². The van der Waals surface area contributed by atoms with Crippen molar-refractivity contribution >= 4 is 41.5 Å². The van der Waals surface area contributed by atoms with Crippen molar-refractivity contribution in [1.82, 2.24) is 0 Å². The molecule has 5 aromatic carbocycles. The van der Waals surface area contributed by atoms with Crippen LogP contribution in [0.5, 0.6) is 0 Å². The molecule has 4 heteroatoms. The van der Waals surface area contributed by atoms with Gasteiger partial charge in [0, 0.05) is 10.6 Å². The number of rotatable bonds is 8. The van der Waals surface area contributed by atoms with Crippen molar-refractivity contribution in [2.75, 3.05) is 11.0 Å². The molecule has 2 nitrogen and oxygen atoms in total. The second-order valence-electron chi connectivity index (χ2n) is 9.01. The summed E-state index contributed by atoms with van der Waals surface area (Å²) >= 11 is 0. The summed E-state index contributed by atoms with van der Waals surface area (Å²) in [5.74, 6) is 0.496. The molecule has 0 aliphatic rings. The molecule has 0 fully saturated rings. The lowest BCUT2D eigenvalue weighted by Gasteiger charge is -2.32. The van der Waals surface area contributed by atoms with Crippen LogP contribution in [-0.2, 0) is 4.57 Å². The number of nitrogens with one attached hydrogen (secondary N) is 1. The molecule has 0 amide bonds. The van der Waals surface area contributed by atoms with Gasteiger partial charge in [0.15, 0.2) is 14.6 Å². The van der Waals surface area contributed by atoms with Crippen LogP contribution >= 0.6 is 14.6 Å². The maximum Gasteiger partial charge on any atom is 0.181 e. The predicted octanol–water partition coefficient (Wildman–Crippen LogP) is 6.96. The summed E-state index contributed by atoms with van der Waals surface area (Å²) in [5, 5.41) is 8.13. The van der Waals surface area contributed by atoms with Crippen molar-refractivity contribution in [2.45, 2.75) is 6.92 Å². The molecule has 0 aliphatic heterocycles. The van der Waals surface area contributed by atoms with Gasteiger partial charge < -0.3 is 4.57 Å². The number of anilines is 1. The SMILES string of the molecule is Cc1ccc(N[P+](CP(=O)(c2ccccc2)c2ccccc2)(c2ccccc2)c2ccccc2)cc1. The largest absolute Gasteiger partial charge is 0.310 e. The minimum absolute atomic E-state index is 0.496. The van der Waals surface area contributed by atoms with Crippen molar-refractivity contribution in [3.63, 3.8) is 0 Å². The molecule has 36 heavy (non-hydrogen) atoms. The van der Waals surface area contributed by atoms with E-state index in [2.05, 4.69) is 84.8 Å². The highest BCUT2D eigenvalue weighted by Crippen LogP contribution is 2.66. The molecule has 0 radical (unpaired) electrons. The summed E-state index contributed by atoms with van der Waals surface area (Å²) in [7, 11) is -5.44. The van der Waals surface area contributed by atoms with Crippen LogP contribution in [0.3, 0.4) is 0 Å². The van der Waals surface area contributed by atoms with Gasteiger partial charge in [0.05, 0.1) is 5.69 Å². The summed E-state index contributed by atoms with van der Waals surface area (Å²) in [6, 6.07) is 49.7. The van der Waals surface area contributed by atoms with E-state index in [1.807, 2.05) is 72.8 Å². The maximum atomic E-state index is 15.4. The molecule has 5 rings (SSSR count). The lowest BCUT2D eigenvalue weighted by Crippen LogP contribution is -2.33. The van der Waals surface area contributed by atoms with Gasteiger partial charge in [-0.15, -0.1) is 0 Å². The van der Waals surface area contributed by atoms with Crippen LogP contribution in [-0.4, -0.2) is 5.90 Å². The third kappa shape index (κ3) is 4.93. The lowest BCUT2D eigenvalue weighted by atomic mass is 10.2. The Morgan fingerprint density at radius 2 is 0.944 bits per heavy atom. The molecule has 1 N–H and O–H groups in total. The number of hydrogen-bond donors (Lipinski definition) is 1. The molecule has 5 aromatic rings. The van der Waals surface area contributed by atoms with Crippen LogP contribution in [0.2, 0.25) is 0 Å². The minimum atomic E-state index is -3.04. The Labute approximate surface area is 214 Å². The van der Waals surface area contributed by atoms with E-state index in [1.165, 1.54) is 16.2 Å². The monoisotopic (exact) mass is 506 g/mol. The molecule has 0 unspecified atom stereocenters. The number of benzene rings is 5. The van der Waals surface area contributed by atoms with Gasteiger partial charge in [-0.25, -0.2) is 0 Å². The van der Waals surface area contributed by atoms with Crippen molar-refractivity contribution in [2.24, 2.45) is 0 Å². The third-order valence-electron chi connectivity index (χ3n) is 6.52. The van der Waals surface area contributed by atoms with Crippen molar-refractivity contribution in [3.8, 4) is 0 Å². The first-order valence-electron chi connectivity index (χ1n) is 12.1. The molecular formula is C32H30NOP2+. The van der Waals surface area contributed by atoms with Crippen molar-refractivity contribution in [1.29, 1.82) is 0 Å². The van der Waals surface area contributed by atoms with Crippen LogP contribution in [0, 0.1) is 6.92 Å². The van der Waals surface area contributed by atoms with E-state index in [0.717, 1.165) is 16.3 Å². The van der Waals surface area contributed by atoms with Gasteiger partial charge in [-0.05, 0) is 43.3 Å². The van der Waals surface area contributed by atoms with Crippen molar-refractivity contribution in [3.05, 3.63) is 151 Å². The standard InChI is InChI=1S/C32H30NOP2/c1-27-22-24-28(25-23-27)33-35(29-14-6-2-7-15-29,30-16-8-3-9-17-30)26-36(34,31-18-10-4-11-19-31)32-20-12-5-13-21-32/h2-25,33H,26H2,1H3/q+1. The molecule has 0 spiro atoms. The minimum Gasteiger partial charge on any atom is -0.310 e. The van der Waals surface area contributed by atoms with Crippen LogP contribution in [0.15, 0.2) is 146 Å². The zero-order valence-corrected chi connectivity index (χ0v) is 22.2. The summed E-state index contributed by atoms with van der Waals surface area (Å²) < 4.78 is 15.4. The Kier molecular flexibility index (Phi) is 7.19. The first-order valence-corrected chi connectivity index (χ1v) is 16.0. The van der Waals surface area contributed by atoms with Gasteiger partial charge in [0.2, 0.25) is 0 Å². The molecule has 0 aliphatic carbocycles. The summed E-state index contributed by atoms with van der Waals surface area (Å²) in [6.07, 6.45) is 0. The normalized spacial score (nSPS) is 11.7. The molecule has 0 heterocycles. The molecule has 0 aromatic heterocycles. The fourth-order valence-corrected chi connectivity index (χ4v) is 14.0. The van der Waals surface area contributed by atoms with Gasteiger partial charge in [-0.2, -0.15) is 0 Å². The van der Waals surface area contributed by atoms with E-state index in [-0.39, 0.29) is 0 Å². The highest BCUT2D eigenvalue weighted by atomic mass is 31.2. The molecule has 178 valence electrons. The van der Waals surface area contributed by atoms with E-state index in [4.69, 9.17) is 0 Å². The van der Waals surface area contributed by atoms with Crippen molar-refractivity contribution < 1.29 is 4.57 Å². The molecule has 0 saturated heterocycles. The van der Waals surface area contributed by atoms with Crippen LogP contribution in [0.1, 0.15) is 5.56 Å². The Morgan fingerprint density at radius 3 is 1.36 bits per heavy atom. The molecular weight excluding hydrogens is 476 g/mol. The number of aryl methyl sites for hydroxylation is 1. The average molecular weight is 507 g/mol. The Balaban J connectivity index is 1.78. The topological polar surface area (TPSA) is 29.1 Å². The fourth-order valence-electron chi connectivity index (χ4n) is 4.64. The van der Waals surface area contributed by atoms with Gasteiger partial charge >= 0.3 is 0 Å². The van der Waals surface area contributed by atoms with Gasteiger partial charge in [0.1, 0.15) is 16.5 Å². The van der Waals surface area contributed by atoms with Crippen LogP contribution in [0.25, 0.3) is 0 Å². The highest BCUT2D eigenvalue weighted by Gasteiger charge is 2.50. The Hall–Kier alpha value is -3.44. The zero-order valence-electron chi connectivity index (χ0n) is 20.4. The van der Waals surface area contributed by atoms with E-state index < -0.39 is 14.6 Å². The quantitative estimate of drug-likeness (QED) is 0.231. The summed E-state index contributed by atoms with van der Waals surface area (Å²) in [5.41, 5.74) is 2.25. The second kappa shape index (κ2) is 10.7. The predicted molar refractivity (Wildman–Crippen MR) is 158 cm³/mol. The molecule has 0 bridgehead atoms. The van der Waals surface area contributed by atoms with E-state index in [0.29, 0.717) is 5.90 Å². The summed E-state index contributed by atoms with van der Waals surface area (Å²) in [4.78, 5) is 0. The highest BCUT2D eigenvalue weighted by molar-refractivity contribution is 8.00. The van der Waals surface area contributed by atoms with Crippen LogP contribution < -0.4 is 26.3 Å². The third-order valence-corrected chi connectivity index (χ3v) is 15.1. The fraction of sp³-hybridized carbons (Fsp3) is 0.0625. The van der Waals surface area contributed by atoms with Crippen LogP contribution in [0.4, 0.5) is 5.69 Å². The van der Waals surface area contributed by atoms with Gasteiger partial charge in [0.25, 0.3) is 0 Å². The summed E-state index contributed by atoms with van der Waals surface area (Å²) in [6.45, 7) is 2.10. The Bertz CT molecular complexity index is 1360. The molecule has 0 atom stereocenters. The molecule has 0 saturated carbocycles. The second-order valence-corrected chi connectivity index (χ2v) is 15.5. The van der Waals surface area contributed by atoms with E-state index in [9.17, 15) is 0 Å². The smallest absolute Gasteiger partial charge is 0.181 e. The zero-order chi connectivity index (χ0) is 24.8. The maximum absolute atomic E-state index is 15.4. The number of hydrogen-bond acceptors (Lipinski definition) is 2.